The number of para-hydroxylation sites is 1. The van der Waals surface area contributed by atoms with Crippen molar-refractivity contribution >= 4 is 7.82 Å². The number of hydrogen-bond acceptors (Lipinski definition) is 3. The first-order chi connectivity index (χ1) is 12.0. The van der Waals surface area contributed by atoms with Crippen molar-refractivity contribution in [2.24, 2.45) is 0 Å². The second-order valence-corrected chi connectivity index (χ2v) is 7.64. The molecule has 0 saturated carbocycles. The quantitative estimate of drug-likeness (QED) is 0.310. The van der Waals surface area contributed by atoms with Gasteiger partial charge in [-0.25, -0.2) is 4.57 Å². The minimum atomic E-state index is -4.46. The maximum Gasteiger partial charge on any atom is 0.469 e. The molecule has 1 aromatic carbocycles. The summed E-state index contributed by atoms with van der Waals surface area (Å²) in [4.78, 5) is 17.6. The fourth-order valence-corrected chi connectivity index (χ4v) is 3.00. The van der Waals surface area contributed by atoms with E-state index >= 15 is 0 Å². The monoisotopic (exact) mass is 372 g/mol. The van der Waals surface area contributed by atoms with E-state index in [1.54, 1.807) is 18.2 Å². The van der Waals surface area contributed by atoms with E-state index in [1.807, 2.05) is 6.07 Å². The molecular formula is C19H33O5P. The van der Waals surface area contributed by atoms with Gasteiger partial charge in [0.05, 0.1) is 13.2 Å². The highest BCUT2D eigenvalue weighted by atomic mass is 31.2. The second kappa shape index (κ2) is 13.3. The zero-order chi connectivity index (χ0) is 18.4. The second-order valence-electron chi connectivity index (χ2n) is 6.40. The van der Waals surface area contributed by atoms with Crippen LogP contribution in [0, 0.1) is 0 Å². The van der Waals surface area contributed by atoms with Crippen LogP contribution in [0.15, 0.2) is 24.3 Å². The topological polar surface area (TPSA) is 76.0 Å². The Morgan fingerprint density at radius 2 is 1.44 bits per heavy atom. The molecule has 144 valence electrons. The summed E-state index contributed by atoms with van der Waals surface area (Å²) in [6.07, 6.45) is 12.7. The molecule has 0 atom stereocenters. The molecule has 1 rings (SSSR count). The van der Waals surface area contributed by atoms with Gasteiger partial charge in [0.2, 0.25) is 0 Å². The molecule has 0 heterocycles. The summed E-state index contributed by atoms with van der Waals surface area (Å²) in [6.45, 7) is 2.70. The number of hydrogen-bond donors (Lipinski definition) is 2. The van der Waals surface area contributed by atoms with Crippen LogP contribution in [0.3, 0.4) is 0 Å². The van der Waals surface area contributed by atoms with E-state index in [0.29, 0.717) is 17.9 Å². The Labute approximate surface area is 152 Å². The molecule has 0 aliphatic rings. The minimum absolute atomic E-state index is 0.154. The summed E-state index contributed by atoms with van der Waals surface area (Å²) in [7, 11) is -4.46. The maximum atomic E-state index is 10.8. The molecular weight excluding hydrogens is 339 g/mol. The number of phosphoric acid groups is 1. The van der Waals surface area contributed by atoms with Crippen LogP contribution in [-0.4, -0.2) is 16.4 Å². The Morgan fingerprint density at radius 3 is 2.04 bits per heavy atom. The van der Waals surface area contributed by atoms with Crippen LogP contribution in [0.25, 0.3) is 0 Å². The Kier molecular flexibility index (Phi) is 11.8. The third-order valence-corrected chi connectivity index (χ3v) is 4.58. The largest absolute Gasteiger partial charge is 0.493 e. The Hall–Kier alpha value is -0.870. The van der Waals surface area contributed by atoms with Crippen LogP contribution >= 0.6 is 7.82 Å². The van der Waals surface area contributed by atoms with Crippen molar-refractivity contribution in [3.8, 4) is 5.75 Å². The molecule has 0 radical (unpaired) electrons. The highest BCUT2D eigenvalue weighted by molar-refractivity contribution is 7.46. The standard InChI is InChI=1S/C19H33O5P/c1-2-3-4-5-6-7-8-9-10-13-16-23-19-15-12-11-14-18(19)17-24-25(20,21)22/h11-12,14-15H,2-10,13,16-17H2,1H3,(H2,20,21,22). The summed E-state index contributed by atoms with van der Waals surface area (Å²) < 4.78 is 21.1. The summed E-state index contributed by atoms with van der Waals surface area (Å²) >= 11 is 0. The molecule has 0 unspecified atom stereocenters. The van der Waals surface area contributed by atoms with E-state index in [0.717, 1.165) is 12.8 Å². The van der Waals surface area contributed by atoms with E-state index in [-0.39, 0.29) is 6.61 Å². The van der Waals surface area contributed by atoms with Crippen molar-refractivity contribution in [2.45, 2.75) is 77.7 Å². The lowest BCUT2D eigenvalue weighted by Crippen LogP contribution is -2.01. The van der Waals surface area contributed by atoms with Gasteiger partial charge in [-0.05, 0) is 12.5 Å². The summed E-state index contributed by atoms with van der Waals surface area (Å²) in [5, 5.41) is 0. The molecule has 0 saturated heterocycles. The average molecular weight is 372 g/mol. The van der Waals surface area contributed by atoms with E-state index in [4.69, 9.17) is 14.5 Å². The Balaban J connectivity index is 2.11. The molecule has 1 aromatic rings. The van der Waals surface area contributed by atoms with Gasteiger partial charge in [-0.2, -0.15) is 0 Å². The number of benzene rings is 1. The molecule has 25 heavy (non-hydrogen) atoms. The van der Waals surface area contributed by atoms with Gasteiger partial charge in [0, 0.05) is 5.56 Å². The molecule has 0 amide bonds. The molecule has 0 spiro atoms. The zero-order valence-electron chi connectivity index (χ0n) is 15.4. The molecule has 0 bridgehead atoms. The van der Waals surface area contributed by atoms with Crippen LogP contribution in [0.4, 0.5) is 0 Å². The first kappa shape index (κ1) is 22.2. The first-order valence-electron chi connectivity index (χ1n) is 9.43. The highest BCUT2D eigenvalue weighted by Gasteiger charge is 2.15. The van der Waals surface area contributed by atoms with E-state index in [9.17, 15) is 4.57 Å². The molecule has 0 aliphatic carbocycles. The van der Waals surface area contributed by atoms with Gasteiger partial charge in [-0.1, -0.05) is 82.9 Å². The minimum Gasteiger partial charge on any atom is -0.493 e. The molecule has 6 heteroatoms. The maximum absolute atomic E-state index is 10.8. The zero-order valence-corrected chi connectivity index (χ0v) is 16.3. The van der Waals surface area contributed by atoms with Crippen molar-refractivity contribution in [3.05, 3.63) is 29.8 Å². The number of ether oxygens (including phenoxy) is 1. The van der Waals surface area contributed by atoms with Gasteiger partial charge in [-0.3, -0.25) is 4.52 Å². The SMILES string of the molecule is CCCCCCCCCCCCOc1ccccc1COP(=O)(O)O. The molecule has 5 nitrogen and oxygen atoms in total. The third-order valence-electron chi connectivity index (χ3n) is 4.12. The van der Waals surface area contributed by atoms with Crippen molar-refractivity contribution in [1.82, 2.24) is 0 Å². The normalized spacial score (nSPS) is 11.6. The Bertz CT molecular complexity index is 500. The molecule has 0 aliphatic heterocycles. The fraction of sp³-hybridized carbons (Fsp3) is 0.684. The van der Waals surface area contributed by atoms with E-state index < -0.39 is 7.82 Å². The van der Waals surface area contributed by atoms with Crippen LogP contribution in [0.5, 0.6) is 5.75 Å². The average Bonchev–Trinajstić information content (AvgIpc) is 2.58. The van der Waals surface area contributed by atoms with Gasteiger partial charge < -0.3 is 14.5 Å². The van der Waals surface area contributed by atoms with Gasteiger partial charge in [0.15, 0.2) is 0 Å². The number of rotatable bonds is 15. The van der Waals surface area contributed by atoms with E-state index in [2.05, 4.69) is 11.4 Å². The number of unbranched alkanes of at least 4 members (excludes halogenated alkanes) is 9. The van der Waals surface area contributed by atoms with Gasteiger partial charge in [0.1, 0.15) is 5.75 Å². The van der Waals surface area contributed by atoms with E-state index in [1.165, 1.54) is 51.4 Å². The van der Waals surface area contributed by atoms with Crippen molar-refractivity contribution < 1.29 is 23.6 Å². The summed E-state index contributed by atoms with van der Waals surface area (Å²) in [5.74, 6) is 0.631. The summed E-state index contributed by atoms with van der Waals surface area (Å²) in [5.41, 5.74) is 0.651. The van der Waals surface area contributed by atoms with Crippen LogP contribution in [0.2, 0.25) is 0 Å². The molecule has 0 fully saturated rings. The van der Waals surface area contributed by atoms with Crippen molar-refractivity contribution in [1.29, 1.82) is 0 Å². The summed E-state index contributed by atoms with van der Waals surface area (Å²) in [6, 6.07) is 7.19. The highest BCUT2D eigenvalue weighted by Crippen LogP contribution is 2.38. The first-order valence-corrected chi connectivity index (χ1v) is 11.0. The van der Waals surface area contributed by atoms with Crippen LogP contribution in [-0.2, 0) is 15.7 Å². The van der Waals surface area contributed by atoms with Crippen molar-refractivity contribution in [3.63, 3.8) is 0 Å². The fourth-order valence-electron chi connectivity index (χ4n) is 2.69. The van der Waals surface area contributed by atoms with Crippen LogP contribution in [0.1, 0.15) is 76.7 Å². The number of phosphoric ester groups is 1. The lowest BCUT2D eigenvalue weighted by Gasteiger charge is -2.12. The van der Waals surface area contributed by atoms with Gasteiger partial charge >= 0.3 is 7.82 Å². The molecule has 0 aromatic heterocycles. The third kappa shape index (κ3) is 12.2. The van der Waals surface area contributed by atoms with Gasteiger partial charge in [-0.15, -0.1) is 0 Å². The lowest BCUT2D eigenvalue weighted by molar-refractivity contribution is 0.186. The lowest BCUT2D eigenvalue weighted by atomic mass is 10.1. The van der Waals surface area contributed by atoms with Crippen molar-refractivity contribution in [2.75, 3.05) is 6.61 Å². The Morgan fingerprint density at radius 1 is 0.880 bits per heavy atom. The molecule has 2 N–H and O–H groups in total. The van der Waals surface area contributed by atoms with Gasteiger partial charge in [0.25, 0.3) is 0 Å². The van der Waals surface area contributed by atoms with Crippen LogP contribution < -0.4 is 4.74 Å². The predicted molar refractivity (Wildman–Crippen MR) is 101 cm³/mol. The predicted octanol–water partition coefficient (Wildman–Crippen LogP) is 5.60. The smallest absolute Gasteiger partial charge is 0.469 e.